The molecule has 3 N–H and O–H groups in total. The number of halogens is 1. The van der Waals surface area contributed by atoms with Crippen LogP contribution in [0, 0.1) is 11.7 Å². The fourth-order valence-corrected chi connectivity index (χ4v) is 2.34. The van der Waals surface area contributed by atoms with Gasteiger partial charge in [-0.05, 0) is 37.6 Å². The molecule has 0 bridgehead atoms. The molecule has 104 valence electrons. The second-order valence-electron chi connectivity index (χ2n) is 4.97. The normalized spacial score (nSPS) is 19.6. The number of carbonyl (C=O) groups excluding carboxylic acids is 1. The molecule has 1 amide bonds. The van der Waals surface area contributed by atoms with Crippen molar-refractivity contribution in [3.8, 4) is 0 Å². The van der Waals surface area contributed by atoms with Crippen LogP contribution in [0.1, 0.15) is 12.8 Å². The van der Waals surface area contributed by atoms with Crippen LogP contribution >= 0.6 is 0 Å². The van der Waals surface area contributed by atoms with E-state index in [4.69, 9.17) is 5.73 Å². The summed E-state index contributed by atoms with van der Waals surface area (Å²) in [4.78, 5) is 14.0. The van der Waals surface area contributed by atoms with Crippen molar-refractivity contribution in [1.29, 1.82) is 0 Å². The summed E-state index contributed by atoms with van der Waals surface area (Å²) in [5.74, 6) is -0.00357. The lowest BCUT2D eigenvalue weighted by Gasteiger charge is -2.15. The van der Waals surface area contributed by atoms with Crippen LogP contribution in [-0.2, 0) is 4.79 Å². The lowest BCUT2D eigenvalue weighted by molar-refractivity contribution is -0.116. The van der Waals surface area contributed by atoms with E-state index in [0.717, 1.165) is 19.5 Å². The molecule has 19 heavy (non-hydrogen) atoms. The van der Waals surface area contributed by atoms with Gasteiger partial charge in [0, 0.05) is 19.5 Å². The van der Waals surface area contributed by atoms with Gasteiger partial charge in [-0.3, -0.25) is 4.79 Å². The molecule has 1 fully saturated rings. The minimum atomic E-state index is -0.403. The number of benzene rings is 1. The van der Waals surface area contributed by atoms with Gasteiger partial charge in [0.05, 0.1) is 5.69 Å². The number of anilines is 1. The Bertz CT molecular complexity index is 438. The fraction of sp³-hybridized carbons (Fsp3) is 0.500. The molecule has 5 heteroatoms. The van der Waals surface area contributed by atoms with E-state index in [0.29, 0.717) is 25.4 Å². The quantitative estimate of drug-likeness (QED) is 0.847. The monoisotopic (exact) mass is 265 g/mol. The first-order chi connectivity index (χ1) is 9.19. The standard InChI is InChI=1S/C14H20FN3O/c15-12-3-1-2-4-13(12)17-14(19)6-8-18-7-5-11(9-16)10-18/h1-4,11H,5-10,16H2,(H,17,19). The second-order valence-corrected chi connectivity index (χ2v) is 4.97. The summed E-state index contributed by atoms with van der Waals surface area (Å²) in [6.45, 7) is 3.37. The summed E-state index contributed by atoms with van der Waals surface area (Å²) in [5.41, 5.74) is 5.87. The van der Waals surface area contributed by atoms with Crippen molar-refractivity contribution in [3.05, 3.63) is 30.1 Å². The molecule has 1 unspecified atom stereocenters. The SMILES string of the molecule is NCC1CCN(CCC(=O)Nc2ccccc2F)C1. The van der Waals surface area contributed by atoms with E-state index in [-0.39, 0.29) is 11.6 Å². The van der Waals surface area contributed by atoms with Crippen LogP contribution in [0.2, 0.25) is 0 Å². The van der Waals surface area contributed by atoms with E-state index in [1.807, 2.05) is 0 Å². The van der Waals surface area contributed by atoms with Crippen molar-refractivity contribution >= 4 is 11.6 Å². The highest BCUT2D eigenvalue weighted by atomic mass is 19.1. The summed E-state index contributed by atoms with van der Waals surface area (Å²) in [6, 6.07) is 6.20. The molecule has 1 aromatic carbocycles. The predicted molar refractivity (Wildman–Crippen MR) is 73.2 cm³/mol. The highest BCUT2D eigenvalue weighted by molar-refractivity contribution is 5.90. The van der Waals surface area contributed by atoms with Crippen molar-refractivity contribution in [2.75, 3.05) is 31.5 Å². The van der Waals surface area contributed by atoms with Crippen LogP contribution in [0.15, 0.2) is 24.3 Å². The summed E-state index contributed by atoms with van der Waals surface area (Å²) >= 11 is 0. The molecule has 1 heterocycles. The van der Waals surface area contributed by atoms with E-state index >= 15 is 0 Å². The van der Waals surface area contributed by atoms with Gasteiger partial charge in [0.1, 0.15) is 5.82 Å². The van der Waals surface area contributed by atoms with Gasteiger partial charge in [-0.25, -0.2) is 4.39 Å². The van der Waals surface area contributed by atoms with Gasteiger partial charge in [-0.15, -0.1) is 0 Å². The molecule has 1 saturated heterocycles. The number of nitrogens with one attached hydrogen (secondary N) is 1. The fourth-order valence-electron chi connectivity index (χ4n) is 2.34. The third-order valence-corrected chi connectivity index (χ3v) is 3.51. The highest BCUT2D eigenvalue weighted by Gasteiger charge is 2.21. The molecule has 2 rings (SSSR count). The Hall–Kier alpha value is -1.46. The van der Waals surface area contributed by atoms with Crippen LogP contribution in [-0.4, -0.2) is 37.0 Å². The zero-order valence-corrected chi connectivity index (χ0v) is 10.9. The summed E-state index contributed by atoms with van der Waals surface area (Å²) in [7, 11) is 0. The number of hydrogen-bond donors (Lipinski definition) is 2. The number of rotatable bonds is 5. The number of hydrogen-bond acceptors (Lipinski definition) is 3. The van der Waals surface area contributed by atoms with Gasteiger partial charge >= 0.3 is 0 Å². The van der Waals surface area contributed by atoms with Crippen molar-refractivity contribution in [2.45, 2.75) is 12.8 Å². The number of nitrogens with two attached hydrogens (primary N) is 1. The van der Waals surface area contributed by atoms with Crippen molar-refractivity contribution in [3.63, 3.8) is 0 Å². The number of likely N-dealkylation sites (tertiary alicyclic amines) is 1. The van der Waals surface area contributed by atoms with Crippen molar-refractivity contribution in [1.82, 2.24) is 4.90 Å². The first kappa shape index (κ1) is 14.0. The number of nitrogens with zero attached hydrogens (tertiary/aromatic N) is 1. The van der Waals surface area contributed by atoms with Crippen LogP contribution in [0.4, 0.5) is 10.1 Å². The molecular weight excluding hydrogens is 245 g/mol. The first-order valence-corrected chi connectivity index (χ1v) is 6.66. The Balaban J connectivity index is 1.75. The van der Waals surface area contributed by atoms with Gasteiger partial charge in [0.2, 0.25) is 5.91 Å². The Morgan fingerprint density at radius 2 is 2.26 bits per heavy atom. The Morgan fingerprint density at radius 1 is 1.47 bits per heavy atom. The second kappa shape index (κ2) is 6.63. The largest absolute Gasteiger partial charge is 0.330 e. The van der Waals surface area contributed by atoms with Crippen molar-refractivity contribution in [2.24, 2.45) is 11.7 Å². The molecule has 1 atom stereocenters. The first-order valence-electron chi connectivity index (χ1n) is 6.66. The Morgan fingerprint density at radius 3 is 2.95 bits per heavy atom. The molecule has 0 aromatic heterocycles. The number of para-hydroxylation sites is 1. The maximum Gasteiger partial charge on any atom is 0.225 e. The van der Waals surface area contributed by atoms with Gasteiger partial charge in [-0.2, -0.15) is 0 Å². The third kappa shape index (κ3) is 4.01. The van der Waals surface area contributed by atoms with Gasteiger partial charge in [0.25, 0.3) is 0 Å². The average Bonchev–Trinajstić information content (AvgIpc) is 2.87. The smallest absolute Gasteiger partial charge is 0.225 e. The maximum atomic E-state index is 13.3. The number of amides is 1. The average molecular weight is 265 g/mol. The van der Waals surface area contributed by atoms with Crippen LogP contribution in [0.25, 0.3) is 0 Å². The lowest BCUT2D eigenvalue weighted by Crippen LogP contribution is -2.27. The zero-order valence-electron chi connectivity index (χ0n) is 10.9. The van der Waals surface area contributed by atoms with E-state index in [1.165, 1.54) is 6.07 Å². The summed E-state index contributed by atoms with van der Waals surface area (Å²) in [5, 5.41) is 2.59. The highest BCUT2D eigenvalue weighted by Crippen LogP contribution is 2.16. The van der Waals surface area contributed by atoms with Gasteiger partial charge in [0.15, 0.2) is 0 Å². The molecule has 0 aliphatic carbocycles. The van der Waals surface area contributed by atoms with Gasteiger partial charge < -0.3 is 16.0 Å². The van der Waals surface area contributed by atoms with E-state index in [9.17, 15) is 9.18 Å². The van der Waals surface area contributed by atoms with Crippen LogP contribution in [0.3, 0.4) is 0 Å². The van der Waals surface area contributed by atoms with Crippen molar-refractivity contribution < 1.29 is 9.18 Å². The minimum absolute atomic E-state index is 0.152. The topological polar surface area (TPSA) is 58.4 Å². The molecule has 1 aliphatic rings. The summed E-state index contributed by atoms with van der Waals surface area (Å²) < 4.78 is 13.3. The maximum absolute atomic E-state index is 13.3. The van der Waals surface area contributed by atoms with Crippen LogP contribution in [0.5, 0.6) is 0 Å². The third-order valence-electron chi connectivity index (χ3n) is 3.51. The minimum Gasteiger partial charge on any atom is -0.330 e. The molecule has 1 aliphatic heterocycles. The summed E-state index contributed by atoms with van der Waals surface area (Å²) in [6.07, 6.45) is 1.48. The Labute approximate surface area is 112 Å². The molecular formula is C14H20FN3O. The van der Waals surface area contributed by atoms with Crippen LogP contribution < -0.4 is 11.1 Å². The van der Waals surface area contributed by atoms with E-state index in [1.54, 1.807) is 18.2 Å². The zero-order chi connectivity index (χ0) is 13.7. The van der Waals surface area contributed by atoms with E-state index in [2.05, 4.69) is 10.2 Å². The van der Waals surface area contributed by atoms with E-state index < -0.39 is 5.82 Å². The molecule has 0 spiro atoms. The Kier molecular flexibility index (Phi) is 4.87. The molecule has 0 radical (unpaired) electrons. The van der Waals surface area contributed by atoms with Gasteiger partial charge in [-0.1, -0.05) is 12.1 Å². The lowest BCUT2D eigenvalue weighted by atomic mass is 10.1. The molecule has 0 saturated carbocycles. The number of carbonyl (C=O) groups is 1. The molecule has 1 aromatic rings. The predicted octanol–water partition coefficient (Wildman–Crippen LogP) is 1.43. The molecule has 4 nitrogen and oxygen atoms in total.